The van der Waals surface area contributed by atoms with Crippen LogP contribution < -0.4 is 15.0 Å². The second kappa shape index (κ2) is 9.96. The van der Waals surface area contributed by atoms with Gasteiger partial charge < -0.3 is 24.4 Å². The number of carbonyl (C=O) groups excluding carboxylic acids is 1. The summed E-state index contributed by atoms with van der Waals surface area (Å²) in [7, 11) is 0. The van der Waals surface area contributed by atoms with Crippen LogP contribution in [0.5, 0.6) is 5.75 Å². The molecule has 1 atom stereocenters. The highest BCUT2D eigenvalue weighted by molar-refractivity contribution is 5.82. The Kier molecular flexibility index (Phi) is 7.33. The molecule has 7 nitrogen and oxygen atoms in total. The summed E-state index contributed by atoms with van der Waals surface area (Å²) in [5.74, 6) is 1.52. The molecule has 1 aliphatic heterocycles. The third-order valence-corrected chi connectivity index (χ3v) is 4.75. The number of amides is 1. The molecule has 0 bridgehead atoms. The highest BCUT2D eigenvalue weighted by Crippen LogP contribution is 2.25. The Labute approximate surface area is 182 Å². The fraction of sp³-hybridized carbons (Fsp3) is 0.478. The van der Waals surface area contributed by atoms with Gasteiger partial charge in [0, 0.05) is 24.0 Å². The summed E-state index contributed by atoms with van der Waals surface area (Å²) in [5.41, 5.74) is 0.538. The maximum absolute atomic E-state index is 13.2. The van der Waals surface area contributed by atoms with Crippen molar-refractivity contribution in [3.8, 4) is 5.75 Å². The second-order valence-corrected chi connectivity index (χ2v) is 8.55. The van der Waals surface area contributed by atoms with Gasteiger partial charge in [0.25, 0.3) is 0 Å². The lowest BCUT2D eigenvalue weighted by Crippen LogP contribution is -2.44. The minimum atomic E-state index is -0.612. The first-order chi connectivity index (χ1) is 14.7. The first kappa shape index (κ1) is 22.8. The number of fused-ring (bicyclic) bond motifs is 1. The van der Waals surface area contributed by atoms with Crippen molar-refractivity contribution in [2.75, 3.05) is 37.8 Å². The third kappa shape index (κ3) is 6.55. The van der Waals surface area contributed by atoms with E-state index in [1.807, 2.05) is 24.3 Å². The topological polar surface area (TPSA) is 72.9 Å². The average Bonchev–Trinajstić information content (AvgIpc) is 2.72. The number of alkyl carbamates (subject to hydrolysis) is 1. The molecule has 0 aliphatic carbocycles. The van der Waals surface area contributed by atoms with E-state index in [0.29, 0.717) is 30.9 Å². The fourth-order valence-corrected chi connectivity index (χ4v) is 3.21. The Morgan fingerprint density at radius 1 is 1.35 bits per heavy atom. The molecule has 1 aromatic heterocycles. The number of pyridine rings is 1. The molecule has 2 heterocycles. The molecule has 1 N–H and O–H groups in total. The van der Waals surface area contributed by atoms with Crippen LogP contribution in [0, 0.1) is 0 Å². The van der Waals surface area contributed by atoms with Crippen LogP contribution in [0.2, 0.25) is 0 Å². The lowest BCUT2D eigenvalue weighted by molar-refractivity contribution is 0.0531. The lowest BCUT2D eigenvalue weighted by atomic mass is 10.2. The van der Waals surface area contributed by atoms with Gasteiger partial charge in [0.05, 0.1) is 31.1 Å². The molecule has 1 aromatic carbocycles. The molecule has 31 heavy (non-hydrogen) atoms. The van der Waals surface area contributed by atoms with Crippen molar-refractivity contribution in [2.45, 2.75) is 39.3 Å². The van der Waals surface area contributed by atoms with Crippen molar-refractivity contribution in [3.63, 3.8) is 0 Å². The normalized spacial score (nSPS) is 17.5. The summed E-state index contributed by atoms with van der Waals surface area (Å²) < 4.78 is 29.5. The minimum absolute atomic E-state index is 0.00163. The summed E-state index contributed by atoms with van der Waals surface area (Å²) in [4.78, 5) is 18.7. The van der Waals surface area contributed by atoms with Crippen LogP contribution in [0.15, 0.2) is 42.2 Å². The molecule has 1 amide bonds. The Balaban J connectivity index is 1.59. The van der Waals surface area contributed by atoms with E-state index in [0.717, 1.165) is 23.3 Å². The molecule has 0 radical (unpaired) electrons. The molecule has 0 saturated carbocycles. The van der Waals surface area contributed by atoms with Crippen LogP contribution in [0.4, 0.5) is 15.0 Å². The van der Waals surface area contributed by atoms with E-state index in [4.69, 9.17) is 19.2 Å². The molecule has 1 unspecified atom stereocenters. The maximum atomic E-state index is 13.2. The Morgan fingerprint density at radius 2 is 2.16 bits per heavy atom. The molecule has 0 spiro atoms. The number of hydrogen-bond donors (Lipinski definition) is 1. The Morgan fingerprint density at radius 3 is 2.87 bits per heavy atom. The zero-order valence-electron chi connectivity index (χ0n) is 18.5. The number of halogens is 1. The van der Waals surface area contributed by atoms with Crippen molar-refractivity contribution in [1.82, 2.24) is 10.3 Å². The Hall–Kier alpha value is -2.87. The number of hydrogen-bond acceptors (Lipinski definition) is 6. The van der Waals surface area contributed by atoms with E-state index < -0.39 is 11.7 Å². The molecule has 168 valence electrons. The van der Waals surface area contributed by atoms with Gasteiger partial charge in [0.15, 0.2) is 0 Å². The number of nitrogens with zero attached hydrogens (tertiary/aromatic N) is 2. The highest BCUT2D eigenvalue weighted by Gasteiger charge is 2.20. The predicted molar refractivity (Wildman–Crippen MR) is 118 cm³/mol. The van der Waals surface area contributed by atoms with Gasteiger partial charge in [-0.05, 0) is 58.0 Å². The van der Waals surface area contributed by atoms with Crippen molar-refractivity contribution in [2.24, 2.45) is 0 Å². The van der Waals surface area contributed by atoms with E-state index in [2.05, 4.69) is 17.1 Å². The number of aromatic nitrogens is 1. The van der Waals surface area contributed by atoms with Gasteiger partial charge in [0.1, 0.15) is 23.8 Å². The maximum Gasteiger partial charge on any atom is 0.407 e. The van der Waals surface area contributed by atoms with Gasteiger partial charge >= 0.3 is 6.09 Å². The number of benzene rings is 1. The van der Waals surface area contributed by atoms with Gasteiger partial charge in [-0.2, -0.15) is 0 Å². The van der Waals surface area contributed by atoms with Crippen LogP contribution in [-0.2, 0) is 9.47 Å². The summed E-state index contributed by atoms with van der Waals surface area (Å²) in [6, 6.07) is 9.83. The standard InChI is InChI=1S/C23H30FN3O4/c1-16-14-29-10-9-27(16)21-8-5-18-11-19(6-7-20(18)26-21)30-15-17(12-24)13-25-22(28)31-23(2,3)4/h5-8,11-12,16H,9-10,13-15H2,1-4H3,(H,25,28)/b17-12+. The largest absolute Gasteiger partial charge is 0.489 e. The molecule has 2 aromatic rings. The number of carbonyl (C=O) groups is 1. The van der Waals surface area contributed by atoms with Crippen LogP contribution in [0.25, 0.3) is 10.9 Å². The molecule has 1 saturated heterocycles. The van der Waals surface area contributed by atoms with E-state index in [9.17, 15) is 9.18 Å². The SMILES string of the molecule is CC1COCCN1c1ccc2cc(OC/C(=C/F)CNC(=O)OC(C)(C)C)ccc2n1. The summed E-state index contributed by atoms with van der Waals surface area (Å²) >= 11 is 0. The van der Waals surface area contributed by atoms with E-state index in [1.54, 1.807) is 26.8 Å². The molecular weight excluding hydrogens is 401 g/mol. The number of morpholine rings is 1. The smallest absolute Gasteiger partial charge is 0.407 e. The van der Waals surface area contributed by atoms with Gasteiger partial charge in [-0.15, -0.1) is 0 Å². The van der Waals surface area contributed by atoms with Crippen LogP contribution in [0.1, 0.15) is 27.7 Å². The second-order valence-electron chi connectivity index (χ2n) is 8.55. The average molecular weight is 432 g/mol. The van der Waals surface area contributed by atoms with Crippen LogP contribution >= 0.6 is 0 Å². The van der Waals surface area contributed by atoms with Crippen LogP contribution in [-0.4, -0.2) is 55.6 Å². The third-order valence-electron chi connectivity index (χ3n) is 4.75. The quantitative estimate of drug-likeness (QED) is 0.739. The highest BCUT2D eigenvalue weighted by atomic mass is 19.1. The van der Waals surface area contributed by atoms with E-state index in [1.165, 1.54) is 0 Å². The fourth-order valence-electron chi connectivity index (χ4n) is 3.21. The number of rotatable bonds is 6. The van der Waals surface area contributed by atoms with E-state index >= 15 is 0 Å². The first-order valence-corrected chi connectivity index (χ1v) is 10.4. The molecule has 1 fully saturated rings. The summed E-state index contributed by atoms with van der Waals surface area (Å²) in [5, 5.41) is 3.45. The first-order valence-electron chi connectivity index (χ1n) is 10.4. The lowest BCUT2D eigenvalue weighted by Gasteiger charge is -2.34. The monoisotopic (exact) mass is 431 g/mol. The molecular formula is C23H30FN3O4. The summed E-state index contributed by atoms with van der Waals surface area (Å²) in [6.07, 6.45) is -0.163. The van der Waals surface area contributed by atoms with Gasteiger partial charge in [-0.25, -0.2) is 14.2 Å². The molecule has 1 aliphatic rings. The molecule has 8 heteroatoms. The van der Waals surface area contributed by atoms with Crippen molar-refractivity contribution < 1.29 is 23.4 Å². The molecule has 3 rings (SSSR count). The summed E-state index contributed by atoms with van der Waals surface area (Å²) in [6.45, 7) is 9.63. The van der Waals surface area contributed by atoms with Gasteiger partial charge in [-0.1, -0.05) is 0 Å². The van der Waals surface area contributed by atoms with Crippen LogP contribution in [0.3, 0.4) is 0 Å². The van der Waals surface area contributed by atoms with Gasteiger partial charge in [-0.3, -0.25) is 0 Å². The number of anilines is 1. The van der Waals surface area contributed by atoms with Crippen molar-refractivity contribution in [1.29, 1.82) is 0 Å². The predicted octanol–water partition coefficient (Wildman–Crippen LogP) is 4.22. The zero-order valence-corrected chi connectivity index (χ0v) is 18.5. The number of nitrogens with one attached hydrogen (secondary N) is 1. The van der Waals surface area contributed by atoms with Crippen molar-refractivity contribution in [3.05, 3.63) is 42.2 Å². The minimum Gasteiger partial charge on any atom is -0.489 e. The number of ether oxygens (including phenoxy) is 3. The zero-order chi connectivity index (χ0) is 22.4. The van der Waals surface area contributed by atoms with Crippen molar-refractivity contribution >= 4 is 22.8 Å². The van der Waals surface area contributed by atoms with Gasteiger partial charge in [0.2, 0.25) is 0 Å². The van der Waals surface area contributed by atoms with E-state index in [-0.39, 0.29) is 19.2 Å². The Bertz CT molecular complexity index is 942.